The van der Waals surface area contributed by atoms with Crippen LogP contribution in [-0.2, 0) is 0 Å². The van der Waals surface area contributed by atoms with Gasteiger partial charge in [0.05, 0.1) is 12.2 Å². The molecule has 0 aromatic heterocycles. The van der Waals surface area contributed by atoms with E-state index < -0.39 is 0 Å². The van der Waals surface area contributed by atoms with Crippen LogP contribution in [0.4, 0.5) is 0 Å². The Labute approximate surface area is 198 Å². The van der Waals surface area contributed by atoms with Crippen molar-refractivity contribution in [1.29, 1.82) is 0 Å². The van der Waals surface area contributed by atoms with Gasteiger partial charge in [0.2, 0.25) is 0 Å². The lowest BCUT2D eigenvalue weighted by atomic mass is 9.47. The molecule has 184 valence electrons. The van der Waals surface area contributed by atoms with Crippen LogP contribution < -0.4 is 0 Å². The van der Waals surface area contributed by atoms with Gasteiger partial charge < -0.3 is 10.2 Å². The van der Waals surface area contributed by atoms with Gasteiger partial charge in [-0.15, -0.1) is 0 Å². The number of rotatable bonds is 6. The zero-order chi connectivity index (χ0) is 23.4. The summed E-state index contributed by atoms with van der Waals surface area (Å²) >= 11 is 0. The molecular formula is C30H52O2. The molecule has 9 atom stereocenters. The van der Waals surface area contributed by atoms with Crippen LogP contribution in [0.1, 0.15) is 106 Å². The minimum Gasteiger partial charge on any atom is -0.393 e. The number of hydrogen-bond donors (Lipinski definition) is 2. The molecule has 2 heteroatoms. The van der Waals surface area contributed by atoms with E-state index in [4.69, 9.17) is 0 Å². The second-order valence-corrected chi connectivity index (χ2v) is 13.7. The lowest BCUT2D eigenvalue weighted by molar-refractivity contribution is -0.0621. The van der Waals surface area contributed by atoms with Crippen LogP contribution in [0, 0.1) is 58.2 Å². The molecule has 0 aromatic rings. The van der Waals surface area contributed by atoms with Gasteiger partial charge in [-0.1, -0.05) is 60.1 Å². The van der Waals surface area contributed by atoms with E-state index in [1.807, 2.05) is 0 Å². The SMILES string of the molecule is CC(C)C(C(C)C)[C@@H](O)C[C@@H](C)[C@H]1CCC2C3CC=C4C[C@@H](O)CC[C@]4(C)C3CC[C@@]21C. The molecule has 3 unspecified atom stereocenters. The quantitative estimate of drug-likeness (QED) is 0.424. The summed E-state index contributed by atoms with van der Waals surface area (Å²) in [6.45, 7) is 16.7. The molecule has 0 spiro atoms. The maximum atomic E-state index is 11.2. The smallest absolute Gasteiger partial charge is 0.0577 e. The number of hydrogen-bond acceptors (Lipinski definition) is 2. The van der Waals surface area contributed by atoms with Crippen LogP contribution >= 0.6 is 0 Å². The van der Waals surface area contributed by atoms with Gasteiger partial charge in [0.25, 0.3) is 0 Å². The molecule has 4 aliphatic carbocycles. The predicted octanol–water partition coefficient (Wildman–Crippen LogP) is 7.24. The van der Waals surface area contributed by atoms with Crippen LogP contribution in [0.2, 0.25) is 0 Å². The third-order valence-electron chi connectivity index (χ3n) is 11.4. The molecule has 0 bridgehead atoms. The average molecular weight is 445 g/mol. The molecule has 4 aliphatic rings. The second kappa shape index (κ2) is 9.03. The summed E-state index contributed by atoms with van der Waals surface area (Å²) in [6.07, 6.45) is 13.1. The molecule has 0 aromatic carbocycles. The minimum absolute atomic E-state index is 0.108. The van der Waals surface area contributed by atoms with Crippen molar-refractivity contribution in [3.05, 3.63) is 11.6 Å². The van der Waals surface area contributed by atoms with E-state index >= 15 is 0 Å². The molecule has 2 nitrogen and oxygen atoms in total. The normalized spacial score (nSPS) is 43.6. The van der Waals surface area contributed by atoms with Crippen LogP contribution in [0.3, 0.4) is 0 Å². The Kier molecular flexibility index (Phi) is 6.99. The summed E-state index contributed by atoms with van der Waals surface area (Å²) < 4.78 is 0. The largest absolute Gasteiger partial charge is 0.393 e. The lowest BCUT2D eigenvalue weighted by Crippen LogP contribution is -2.51. The third-order valence-corrected chi connectivity index (χ3v) is 11.4. The van der Waals surface area contributed by atoms with E-state index in [0.717, 1.165) is 42.9 Å². The highest BCUT2D eigenvalue weighted by atomic mass is 16.3. The number of fused-ring (bicyclic) bond motifs is 5. The predicted molar refractivity (Wildman–Crippen MR) is 134 cm³/mol. The first-order valence-electron chi connectivity index (χ1n) is 14.0. The van der Waals surface area contributed by atoms with Gasteiger partial charge in [0.1, 0.15) is 0 Å². The summed E-state index contributed by atoms with van der Waals surface area (Å²) in [5.41, 5.74) is 2.37. The van der Waals surface area contributed by atoms with E-state index in [1.54, 1.807) is 5.57 Å². The molecular weight excluding hydrogens is 392 g/mol. The summed E-state index contributed by atoms with van der Waals surface area (Å²) in [5.74, 6) is 5.34. The van der Waals surface area contributed by atoms with E-state index in [2.05, 4.69) is 54.5 Å². The number of aliphatic hydroxyl groups is 2. The third kappa shape index (κ3) is 4.04. The minimum atomic E-state index is -0.170. The first kappa shape index (κ1) is 24.8. The monoisotopic (exact) mass is 444 g/mol. The van der Waals surface area contributed by atoms with Gasteiger partial charge in [-0.2, -0.15) is 0 Å². The molecule has 3 saturated carbocycles. The first-order chi connectivity index (χ1) is 15.0. The van der Waals surface area contributed by atoms with Crippen molar-refractivity contribution in [3.63, 3.8) is 0 Å². The zero-order valence-electron chi connectivity index (χ0n) is 22.1. The van der Waals surface area contributed by atoms with Crippen LogP contribution in [0.5, 0.6) is 0 Å². The molecule has 4 rings (SSSR count). The van der Waals surface area contributed by atoms with Crippen LogP contribution in [0.25, 0.3) is 0 Å². The van der Waals surface area contributed by atoms with Crippen molar-refractivity contribution in [1.82, 2.24) is 0 Å². The molecule has 0 amide bonds. The Morgan fingerprint density at radius 2 is 1.62 bits per heavy atom. The van der Waals surface area contributed by atoms with Gasteiger partial charge in [0.15, 0.2) is 0 Å². The highest BCUT2D eigenvalue weighted by Crippen LogP contribution is 2.67. The molecule has 0 heterocycles. The molecule has 0 saturated heterocycles. The Bertz CT molecular complexity index is 687. The van der Waals surface area contributed by atoms with E-state index in [-0.39, 0.29) is 12.2 Å². The number of allylic oxidation sites excluding steroid dienone is 1. The highest BCUT2D eigenvalue weighted by Gasteiger charge is 2.59. The number of aliphatic hydroxyl groups excluding tert-OH is 2. The Morgan fingerprint density at radius 1 is 0.938 bits per heavy atom. The van der Waals surface area contributed by atoms with Gasteiger partial charge >= 0.3 is 0 Å². The Balaban J connectivity index is 1.49. The first-order valence-corrected chi connectivity index (χ1v) is 14.0. The molecule has 0 aliphatic heterocycles. The topological polar surface area (TPSA) is 40.5 Å². The highest BCUT2D eigenvalue weighted by molar-refractivity contribution is 5.25. The fourth-order valence-corrected chi connectivity index (χ4v) is 9.98. The molecule has 0 radical (unpaired) electrons. The van der Waals surface area contributed by atoms with Crippen molar-refractivity contribution >= 4 is 0 Å². The second-order valence-electron chi connectivity index (χ2n) is 13.7. The lowest BCUT2D eigenvalue weighted by Gasteiger charge is -2.58. The molecule has 2 N–H and O–H groups in total. The van der Waals surface area contributed by atoms with Gasteiger partial charge in [-0.05, 0) is 116 Å². The Morgan fingerprint density at radius 3 is 2.28 bits per heavy atom. The molecule has 3 fully saturated rings. The zero-order valence-corrected chi connectivity index (χ0v) is 22.1. The standard InChI is InChI=1S/C30H52O2/c1-18(2)28(19(3)4)27(32)16-20(5)24-10-11-25-23-9-8-21-17-22(31)12-14-29(21,6)26(23)13-15-30(24,25)7/h8,18-20,22-28,31-32H,9-17H2,1-7H3/t20-,22+,23?,24-,25?,26?,27+,29+,30-/m1/s1. The maximum Gasteiger partial charge on any atom is 0.0577 e. The van der Waals surface area contributed by atoms with E-state index in [9.17, 15) is 10.2 Å². The summed E-state index contributed by atoms with van der Waals surface area (Å²) in [6, 6.07) is 0. The van der Waals surface area contributed by atoms with Gasteiger partial charge in [-0.25, -0.2) is 0 Å². The van der Waals surface area contributed by atoms with Crippen LogP contribution in [0.15, 0.2) is 11.6 Å². The summed E-state index contributed by atoms with van der Waals surface area (Å²) in [5, 5.41) is 21.5. The average Bonchev–Trinajstić information content (AvgIpc) is 3.05. The van der Waals surface area contributed by atoms with Crippen molar-refractivity contribution in [3.8, 4) is 0 Å². The fourth-order valence-electron chi connectivity index (χ4n) is 9.98. The summed E-state index contributed by atoms with van der Waals surface area (Å²) in [7, 11) is 0. The molecule has 32 heavy (non-hydrogen) atoms. The van der Waals surface area contributed by atoms with Crippen molar-refractivity contribution in [2.45, 2.75) is 118 Å². The maximum absolute atomic E-state index is 11.2. The Hall–Kier alpha value is -0.340. The van der Waals surface area contributed by atoms with Crippen molar-refractivity contribution in [2.24, 2.45) is 58.2 Å². The fraction of sp³-hybridized carbons (Fsp3) is 0.933. The van der Waals surface area contributed by atoms with E-state index in [1.165, 1.54) is 38.5 Å². The van der Waals surface area contributed by atoms with Crippen molar-refractivity contribution in [2.75, 3.05) is 0 Å². The van der Waals surface area contributed by atoms with Crippen LogP contribution in [-0.4, -0.2) is 22.4 Å². The van der Waals surface area contributed by atoms with Crippen molar-refractivity contribution < 1.29 is 10.2 Å². The van der Waals surface area contributed by atoms with Gasteiger partial charge in [-0.3, -0.25) is 0 Å². The van der Waals surface area contributed by atoms with E-state index in [0.29, 0.717) is 34.5 Å². The van der Waals surface area contributed by atoms with Gasteiger partial charge in [0, 0.05) is 0 Å². The summed E-state index contributed by atoms with van der Waals surface area (Å²) in [4.78, 5) is 0.